The minimum Gasteiger partial charge on any atom is -0.329 e. The second-order valence-electron chi connectivity index (χ2n) is 4.12. The molecule has 0 aliphatic heterocycles. The molecule has 2 heteroatoms. The van der Waals surface area contributed by atoms with E-state index >= 15 is 0 Å². The number of benzene rings is 1. The first-order valence-corrected chi connectivity index (χ1v) is 6.03. The zero-order valence-electron chi connectivity index (χ0n) is 8.57. The second kappa shape index (κ2) is 3.95. The fourth-order valence-electron chi connectivity index (χ4n) is 1.97. The number of nitrogens with two attached hydrogens (primary N) is 1. The average molecular weight is 207 g/mol. The zero-order valence-corrected chi connectivity index (χ0v) is 9.39. The van der Waals surface area contributed by atoms with Gasteiger partial charge in [-0.1, -0.05) is 25.1 Å². The van der Waals surface area contributed by atoms with Gasteiger partial charge in [-0.05, 0) is 30.9 Å². The lowest BCUT2D eigenvalue weighted by Crippen LogP contribution is -2.48. The summed E-state index contributed by atoms with van der Waals surface area (Å²) in [6.07, 6.45) is 2.60. The summed E-state index contributed by atoms with van der Waals surface area (Å²) in [5.41, 5.74) is 5.89. The largest absolute Gasteiger partial charge is 0.329 e. The van der Waals surface area contributed by atoms with Gasteiger partial charge in [-0.15, -0.1) is 11.8 Å². The quantitative estimate of drug-likeness (QED) is 0.824. The summed E-state index contributed by atoms with van der Waals surface area (Å²) < 4.78 is 0.321. The minimum absolute atomic E-state index is 0.321. The Bertz CT molecular complexity index is 294. The van der Waals surface area contributed by atoms with Gasteiger partial charge in [-0.25, -0.2) is 0 Å². The molecule has 0 radical (unpaired) electrons. The lowest BCUT2D eigenvalue weighted by molar-refractivity contribution is 0.245. The van der Waals surface area contributed by atoms with Crippen LogP contribution >= 0.6 is 11.8 Å². The highest BCUT2D eigenvalue weighted by atomic mass is 32.2. The van der Waals surface area contributed by atoms with Crippen molar-refractivity contribution in [2.24, 2.45) is 11.7 Å². The van der Waals surface area contributed by atoms with Crippen molar-refractivity contribution in [3.05, 3.63) is 30.3 Å². The van der Waals surface area contributed by atoms with Gasteiger partial charge in [0, 0.05) is 16.2 Å². The predicted molar refractivity (Wildman–Crippen MR) is 62.5 cm³/mol. The van der Waals surface area contributed by atoms with E-state index in [2.05, 4.69) is 37.3 Å². The molecule has 1 fully saturated rings. The molecule has 0 saturated heterocycles. The van der Waals surface area contributed by atoms with E-state index in [-0.39, 0.29) is 0 Å². The Labute approximate surface area is 90.1 Å². The van der Waals surface area contributed by atoms with Crippen LogP contribution in [0.5, 0.6) is 0 Å². The fourth-order valence-corrected chi connectivity index (χ4v) is 3.36. The molecule has 0 bridgehead atoms. The van der Waals surface area contributed by atoms with Crippen LogP contribution in [0.4, 0.5) is 0 Å². The van der Waals surface area contributed by atoms with Crippen LogP contribution in [0.3, 0.4) is 0 Å². The molecule has 1 aromatic rings. The minimum atomic E-state index is 0.321. The summed E-state index contributed by atoms with van der Waals surface area (Å²) >= 11 is 1.96. The van der Waals surface area contributed by atoms with E-state index in [0.717, 1.165) is 12.5 Å². The van der Waals surface area contributed by atoms with Crippen molar-refractivity contribution in [1.29, 1.82) is 0 Å². The first kappa shape index (κ1) is 10.1. The topological polar surface area (TPSA) is 26.0 Å². The Kier molecular flexibility index (Phi) is 2.84. The summed E-state index contributed by atoms with van der Waals surface area (Å²) in [5, 5.41) is 0. The van der Waals surface area contributed by atoms with Crippen molar-refractivity contribution in [2.45, 2.75) is 29.4 Å². The summed E-state index contributed by atoms with van der Waals surface area (Å²) in [6, 6.07) is 10.6. The lowest BCUT2D eigenvalue weighted by Gasteiger charge is -2.46. The molecule has 2 unspecified atom stereocenters. The molecule has 0 heterocycles. The Balaban J connectivity index is 2.09. The first-order valence-electron chi connectivity index (χ1n) is 5.21. The van der Waals surface area contributed by atoms with Crippen LogP contribution in [-0.4, -0.2) is 11.3 Å². The highest BCUT2D eigenvalue weighted by Crippen LogP contribution is 2.50. The molecular formula is C12H17NS. The molecule has 14 heavy (non-hydrogen) atoms. The van der Waals surface area contributed by atoms with Gasteiger partial charge < -0.3 is 5.73 Å². The van der Waals surface area contributed by atoms with Crippen LogP contribution in [0.2, 0.25) is 0 Å². The number of hydrogen-bond acceptors (Lipinski definition) is 2. The molecule has 0 aromatic heterocycles. The molecule has 1 aliphatic carbocycles. The van der Waals surface area contributed by atoms with Crippen LogP contribution in [0.15, 0.2) is 35.2 Å². The Morgan fingerprint density at radius 1 is 1.43 bits per heavy atom. The van der Waals surface area contributed by atoms with E-state index in [0.29, 0.717) is 4.75 Å². The number of thioether (sulfide) groups is 1. The van der Waals surface area contributed by atoms with Gasteiger partial charge in [0.15, 0.2) is 0 Å². The van der Waals surface area contributed by atoms with Crippen LogP contribution < -0.4 is 5.73 Å². The summed E-state index contributed by atoms with van der Waals surface area (Å²) in [7, 11) is 0. The van der Waals surface area contributed by atoms with Gasteiger partial charge in [-0.2, -0.15) is 0 Å². The van der Waals surface area contributed by atoms with Gasteiger partial charge in [0.05, 0.1) is 0 Å². The molecule has 2 atom stereocenters. The standard InChI is InChI=1S/C12H17NS/c1-10-7-8-12(10,9-13)14-11-5-3-2-4-6-11/h2-6,10H,7-9,13H2,1H3. The van der Waals surface area contributed by atoms with Crippen molar-refractivity contribution in [3.8, 4) is 0 Å². The zero-order chi connectivity index (χ0) is 10.0. The molecule has 1 nitrogen and oxygen atoms in total. The summed E-state index contributed by atoms with van der Waals surface area (Å²) in [5.74, 6) is 0.762. The summed E-state index contributed by atoms with van der Waals surface area (Å²) in [4.78, 5) is 1.35. The van der Waals surface area contributed by atoms with Gasteiger partial charge in [0.25, 0.3) is 0 Å². The summed E-state index contributed by atoms with van der Waals surface area (Å²) in [6.45, 7) is 3.11. The maximum atomic E-state index is 5.89. The van der Waals surface area contributed by atoms with Crippen LogP contribution in [0.25, 0.3) is 0 Å². The Morgan fingerprint density at radius 3 is 2.57 bits per heavy atom. The van der Waals surface area contributed by atoms with Crippen molar-refractivity contribution < 1.29 is 0 Å². The smallest absolute Gasteiger partial charge is 0.0354 e. The third kappa shape index (κ3) is 1.69. The van der Waals surface area contributed by atoms with Gasteiger partial charge in [0.1, 0.15) is 0 Å². The Hall–Kier alpha value is -0.470. The lowest BCUT2D eigenvalue weighted by atomic mass is 9.74. The van der Waals surface area contributed by atoms with E-state index in [1.165, 1.54) is 17.7 Å². The maximum absolute atomic E-state index is 5.89. The highest BCUT2D eigenvalue weighted by Gasteiger charge is 2.43. The molecular weight excluding hydrogens is 190 g/mol. The number of hydrogen-bond donors (Lipinski definition) is 1. The molecule has 0 amide bonds. The Morgan fingerprint density at radius 2 is 2.14 bits per heavy atom. The first-order chi connectivity index (χ1) is 6.77. The normalized spacial score (nSPS) is 31.1. The van der Waals surface area contributed by atoms with Crippen molar-refractivity contribution in [1.82, 2.24) is 0 Å². The molecule has 2 rings (SSSR count). The monoisotopic (exact) mass is 207 g/mol. The SMILES string of the molecule is CC1CCC1(CN)Sc1ccccc1. The highest BCUT2D eigenvalue weighted by molar-refractivity contribution is 8.00. The molecule has 2 N–H and O–H groups in total. The van der Waals surface area contributed by atoms with Crippen molar-refractivity contribution >= 4 is 11.8 Å². The molecule has 1 aromatic carbocycles. The molecule has 76 valence electrons. The molecule has 1 aliphatic rings. The van der Waals surface area contributed by atoms with Crippen LogP contribution in [0.1, 0.15) is 19.8 Å². The van der Waals surface area contributed by atoms with Gasteiger partial charge in [-0.3, -0.25) is 0 Å². The van der Waals surface area contributed by atoms with E-state index in [9.17, 15) is 0 Å². The van der Waals surface area contributed by atoms with Crippen LogP contribution in [-0.2, 0) is 0 Å². The number of rotatable bonds is 3. The van der Waals surface area contributed by atoms with Gasteiger partial charge in [0.2, 0.25) is 0 Å². The maximum Gasteiger partial charge on any atom is 0.0354 e. The van der Waals surface area contributed by atoms with E-state index in [4.69, 9.17) is 5.73 Å². The predicted octanol–water partition coefficient (Wildman–Crippen LogP) is 2.91. The van der Waals surface area contributed by atoms with E-state index in [1.54, 1.807) is 0 Å². The third-order valence-corrected chi connectivity index (χ3v) is 5.00. The van der Waals surface area contributed by atoms with E-state index < -0.39 is 0 Å². The van der Waals surface area contributed by atoms with Crippen molar-refractivity contribution in [2.75, 3.05) is 6.54 Å². The molecule has 0 spiro atoms. The average Bonchev–Trinajstić information content (AvgIpc) is 2.25. The van der Waals surface area contributed by atoms with Gasteiger partial charge >= 0.3 is 0 Å². The van der Waals surface area contributed by atoms with Crippen molar-refractivity contribution in [3.63, 3.8) is 0 Å². The molecule has 1 saturated carbocycles. The second-order valence-corrected chi connectivity index (χ2v) is 5.61. The van der Waals surface area contributed by atoms with E-state index in [1.807, 2.05) is 11.8 Å². The fraction of sp³-hybridized carbons (Fsp3) is 0.500. The van der Waals surface area contributed by atoms with Crippen LogP contribution in [0, 0.1) is 5.92 Å². The third-order valence-electron chi connectivity index (χ3n) is 3.31.